The van der Waals surface area contributed by atoms with Crippen LogP contribution in [0.25, 0.3) is 11.1 Å². The molecule has 0 bridgehead atoms. The van der Waals surface area contributed by atoms with Crippen molar-refractivity contribution < 1.29 is 14.6 Å². The second kappa shape index (κ2) is 14.4. The molecule has 188 valence electrons. The molecule has 8 heteroatoms. The van der Waals surface area contributed by atoms with Crippen molar-refractivity contribution in [3.05, 3.63) is 94.5 Å². The molecule has 4 rings (SSSR count). The molecule has 0 unspecified atom stereocenters. The van der Waals surface area contributed by atoms with Crippen LogP contribution in [-0.4, -0.2) is 53.7 Å². The summed E-state index contributed by atoms with van der Waals surface area (Å²) in [6.07, 6.45) is 0. The van der Waals surface area contributed by atoms with Gasteiger partial charge in [-0.25, -0.2) is 4.79 Å². The molecule has 0 aromatic heterocycles. The molecule has 1 N–H and O–H groups in total. The molecule has 3 aromatic carbocycles. The van der Waals surface area contributed by atoms with Crippen molar-refractivity contribution in [2.24, 2.45) is 0 Å². The van der Waals surface area contributed by atoms with E-state index in [1.54, 1.807) is 0 Å². The molecule has 1 heterocycles. The maximum absolute atomic E-state index is 10.7. The van der Waals surface area contributed by atoms with Gasteiger partial charge in [0, 0.05) is 44.3 Å². The number of carboxylic acids is 1. The SMILES string of the molecule is Cl.Cl.O=C(O)COCc1ccccc1CN1CCN(Cc2ccc(-c3ccc(Cl)cc3)cc2)CC1. The maximum Gasteiger partial charge on any atom is 0.329 e. The predicted octanol–water partition coefficient (Wildman–Crippen LogP) is 5.77. The average molecular weight is 538 g/mol. The molecule has 0 saturated carbocycles. The Morgan fingerprint density at radius 3 is 1.86 bits per heavy atom. The van der Waals surface area contributed by atoms with E-state index in [0.29, 0.717) is 6.61 Å². The maximum atomic E-state index is 10.7. The molecule has 0 amide bonds. The van der Waals surface area contributed by atoms with Crippen molar-refractivity contribution >= 4 is 42.4 Å². The second-order valence-corrected chi connectivity index (χ2v) is 8.85. The molecule has 3 aromatic rings. The highest BCUT2D eigenvalue weighted by Gasteiger charge is 2.18. The summed E-state index contributed by atoms with van der Waals surface area (Å²) < 4.78 is 5.30. The van der Waals surface area contributed by atoms with Gasteiger partial charge in [0.15, 0.2) is 0 Å². The number of hydrogen-bond donors (Lipinski definition) is 1. The molecule has 1 aliphatic heterocycles. The van der Waals surface area contributed by atoms with Gasteiger partial charge in [-0.2, -0.15) is 0 Å². The van der Waals surface area contributed by atoms with E-state index < -0.39 is 5.97 Å². The zero-order valence-electron chi connectivity index (χ0n) is 19.4. The van der Waals surface area contributed by atoms with Crippen LogP contribution in [-0.2, 0) is 29.2 Å². The fraction of sp³-hybridized carbons (Fsp3) is 0.296. The molecule has 0 radical (unpaired) electrons. The minimum atomic E-state index is -0.941. The Balaban J connectivity index is 0.00000216. The first-order valence-electron chi connectivity index (χ1n) is 11.2. The third-order valence-electron chi connectivity index (χ3n) is 6.00. The number of hydrogen-bond acceptors (Lipinski definition) is 4. The highest BCUT2D eigenvalue weighted by atomic mass is 35.5. The van der Waals surface area contributed by atoms with E-state index in [9.17, 15) is 4.79 Å². The largest absolute Gasteiger partial charge is 0.480 e. The molecule has 0 atom stereocenters. The summed E-state index contributed by atoms with van der Waals surface area (Å²) in [5, 5.41) is 9.54. The van der Waals surface area contributed by atoms with Crippen molar-refractivity contribution in [2.45, 2.75) is 19.7 Å². The first kappa shape index (κ1) is 29.1. The number of ether oxygens (including phenoxy) is 1. The van der Waals surface area contributed by atoms with Gasteiger partial charge in [-0.3, -0.25) is 9.80 Å². The lowest BCUT2D eigenvalue weighted by Gasteiger charge is -2.35. The van der Waals surface area contributed by atoms with Crippen molar-refractivity contribution in [3.8, 4) is 11.1 Å². The Bertz CT molecular complexity index is 1050. The van der Waals surface area contributed by atoms with Gasteiger partial charge in [0.2, 0.25) is 0 Å². The minimum Gasteiger partial charge on any atom is -0.480 e. The summed E-state index contributed by atoms with van der Waals surface area (Å²) in [6, 6.07) is 24.8. The smallest absolute Gasteiger partial charge is 0.329 e. The van der Waals surface area contributed by atoms with Gasteiger partial charge < -0.3 is 9.84 Å². The third kappa shape index (κ3) is 8.80. The van der Waals surface area contributed by atoms with Crippen molar-refractivity contribution in [1.29, 1.82) is 0 Å². The summed E-state index contributed by atoms with van der Waals surface area (Å²) >= 11 is 5.99. The van der Waals surface area contributed by atoms with Gasteiger partial charge in [0.1, 0.15) is 6.61 Å². The summed E-state index contributed by atoms with van der Waals surface area (Å²) in [5.41, 5.74) is 5.96. The number of carboxylic acid groups (broad SMARTS) is 1. The summed E-state index contributed by atoms with van der Waals surface area (Å²) in [4.78, 5) is 15.7. The Morgan fingerprint density at radius 1 is 0.771 bits per heavy atom. The van der Waals surface area contributed by atoms with Crippen LogP contribution >= 0.6 is 36.4 Å². The molecule has 0 aliphatic carbocycles. The Kier molecular flexibility index (Phi) is 12.0. The summed E-state index contributed by atoms with van der Waals surface area (Å²) in [7, 11) is 0. The highest BCUT2D eigenvalue weighted by molar-refractivity contribution is 6.30. The lowest BCUT2D eigenvalue weighted by Crippen LogP contribution is -2.45. The van der Waals surface area contributed by atoms with Crippen LogP contribution in [0.5, 0.6) is 0 Å². The van der Waals surface area contributed by atoms with Crippen molar-refractivity contribution in [1.82, 2.24) is 9.80 Å². The minimum absolute atomic E-state index is 0. The first-order valence-corrected chi connectivity index (χ1v) is 11.6. The average Bonchev–Trinajstić information content (AvgIpc) is 2.82. The Morgan fingerprint density at radius 2 is 1.29 bits per heavy atom. The molecule has 35 heavy (non-hydrogen) atoms. The normalized spacial score (nSPS) is 14.1. The van der Waals surface area contributed by atoms with E-state index >= 15 is 0 Å². The Labute approximate surface area is 224 Å². The Hall–Kier alpha value is -2.12. The van der Waals surface area contributed by atoms with E-state index in [-0.39, 0.29) is 31.4 Å². The van der Waals surface area contributed by atoms with E-state index in [2.05, 4.69) is 40.1 Å². The lowest BCUT2D eigenvalue weighted by molar-refractivity contribution is -0.142. The van der Waals surface area contributed by atoms with E-state index in [0.717, 1.165) is 49.9 Å². The number of benzene rings is 3. The highest BCUT2D eigenvalue weighted by Crippen LogP contribution is 2.22. The fourth-order valence-electron chi connectivity index (χ4n) is 4.15. The lowest BCUT2D eigenvalue weighted by atomic mass is 10.0. The molecule has 5 nitrogen and oxygen atoms in total. The molecule has 1 aliphatic rings. The molecule has 1 fully saturated rings. The van der Waals surface area contributed by atoms with Gasteiger partial charge in [-0.05, 0) is 39.9 Å². The van der Waals surface area contributed by atoms with Crippen LogP contribution in [0.3, 0.4) is 0 Å². The number of aliphatic carboxylic acids is 1. The number of halogens is 3. The van der Waals surface area contributed by atoms with Gasteiger partial charge in [0.25, 0.3) is 0 Å². The zero-order chi connectivity index (χ0) is 23.0. The third-order valence-corrected chi connectivity index (χ3v) is 6.25. The van der Waals surface area contributed by atoms with E-state index in [1.807, 2.05) is 42.5 Å². The van der Waals surface area contributed by atoms with Crippen molar-refractivity contribution in [3.63, 3.8) is 0 Å². The molecule has 0 spiro atoms. The quantitative estimate of drug-likeness (QED) is 0.376. The summed E-state index contributed by atoms with van der Waals surface area (Å²) in [6.45, 7) is 5.93. The molecular formula is C27H31Cl3N2O3. The predicted molar refractivity (Wildman–Crippen MR) is 146 cm³/mol. The molecule has 1 saturated heterocycles. The van der Waals surface area contributed by atoms with Gasteiger partial charge in [-0.1, -0.05) is 72.3 Å². The van der Waals surface area contributed by atoms with Gasteiger partial charge >= 0.3 is 5.97 Å². The van der Waals surface area contributed by atoms with Gasteiger partial charge in [-0.15, -0.1) is 24.8 Å². The standard InChI is InChI=1S/C27H29ClN2O3.2ClH/c28-26-11-9-23(10-12-26)22-7-5-21(6-8-22)17-29-13-15-30(16-14-29)18-24-3-1-2-4-25(24)19-33-20-27(31)32;;/h1-12H,13-20H2,(H,31,32);2*1H. The zero-order valence-corrected chi connectivity index (χ0v) is 21.8. The number of piperazine rings is 1. The van der Waals surface area contributed by atoms with Crippen LogP contribution < -0.4 is 0 Å². The van der Waals surface area contributed by atoms with Crippen LogP contribution in [0.15, 0.2) is 72.8 Å². The monoisotopic (exact) mass is 536 g/mol. The van der Waals surface area contributed by atoms with Crippen molar-refractivity contribution in [2.75, 3.05) is 32.8 Å². The number of carbonyl (C=O) groups is 1. The van der Waals surface area contributed by atoms with Crippen LogP contribution in [0, 0.1) is 0 Å². The topological polar surface area (TPSA) is 53.0 Å². The first-order chi connectivity index (χ1) is 16.1. The fourth-order valence-corrected chi connectivity index (χ4v) is 4.28. The summed E-state index contributed by atoms with van der Waals surface area (Å²) in [5.74, 6) is -0.941. The van der Waals surface area contributed by atoms with Crippen LogP contribution in [0.4, 0.5) is 0 Å². The van der Waals surface area contributed by atoms with Crippen LogP contribution in [0.2, 0.25) is 5.02 Å². The number of rotatable bonds is 9. The second-order valence-electron chi connectivity index (χ2n) is 8.41. The van der Waals surface area contributed by atoms with Crippen LogP contribution in [0.1, 0.15) is 16.7 Å². The van der Waals surface area contributed by atoms with E-state index in [1.165, 1.54) is 22.3 Å². The van der Waals surface area contributed by atoms with Gasteiger partial charge in [0.05, 0.1) is 6.61 Å². The molecular weight excluding hydrogens is 507 g/mol. The van der Waals surface area contributed by atoms with E-state index in [4.69, 9.17) is 21.4 Å². The number of nitrogens with zero attached hydrogens (tertiary/aromatic N) is 2.